The molecule has 1 atom stereocenters. The average Bonchev–Trinajstić information content (AvgIpc) is 2.16. The summed E-state index contributed by atoms with van der Waals surface area (Å²) in [6, 6.07) is 4.86. The third-order valence-corrected chi connectivity index (χ3v) is 2.32. The maximum absolute atomic E-state index is 13.1. The zero-order valence-corrected chi connectivity index (χ0v) is 10.4. The minimum atomic E-state index is -0.261. The van der Waals surface area contributed by atoms with Crippen molar-refractivity contribution in [1.29, 1.82) is 0 Å². The first-order valence-corrected chi connectivity index (χ1v) is 5.74. The van der Waals surface area contributed by atoms with Gasteiger partial charge < -0.3 is 10.1 Å². The lowest BCUT2D eigenvalue weighted by Gasteiger charge is -2.19. The van der Waals surface area contributed by atoms with E-state index in [9.17, 15) is 4.39 Å². The van der Waals surface area contributed by atoms with Gasteiger partial charge in [0.05, 0.1) is 6.10 Å². The first-order valence-electron chi connectivity index (χ1n) is 5.74. The van der Waals surface area contributed by atoms with Gasteiger partial charge in [-0.3, -0.25) is 0 Å². The summed E-state index contributed by atoms with van der Waals surface area (Å²) >= 11 is 0. The number of halogens is 1. The topological polar surface area (TPSA) is 21.3 Å². The number of hydrogen-bond donors (Lipinski definition) is 1. The molecule has 0 aliphatic rings. The Morgan fingerprint density at radius 2 is 2.00 bits per heavy atom. The van der Waals surface area contributed by atoms with Crippen LogP contribution in [0.25, 0.3) is 0 Å². The van der Waals surface area contributed by atoms with Gasteiger partial charge in [0.2, 0.25) is 0 Å². The summed E-state index contributed by atoms with van der Waals surface area (Å²) < 4.78 is 18.8. The highest BCUT2D eigenvalue weighted by Gasteiger charge is 2.12. The third-order valence-electron chi connectivity index (χ3n) is 2.32. The molecule has 0 bridgehead atoms. The van der Waals surface area contributed by atoms with Gasteiger partial charge in [-0.15, -0.1) is 0 Å². The van der Waals surface area contributed by atoms with Crippen molar-refractivity contribution < 1.29 is 9.13 Å². The molecule has 1 unspecified atom stereocenters. The highest BCUT2D eigenvalue weighted by atomic mass is 19.1. The van der Waals surface area contributed by atoms with Crippen molar-refractivity contribution >= 4 is 0 Å². The van der Waals surface area contributed by atoms with E-state index in [2.05, 4.69) is 5.32 Å². The Hall–Kier alpha value is -1.09. The quantitative estimate of drug-likeness (QED) is 0.830. The third kappa shape index (κ3) is 3.49. The smallest absolute Gasteiger partial charge is 0.127 e. The highest BCUT2D eigenvalue weighted by molar-refractivity contribution is 5.36. The lowest BCUT2D eigenvalue weighted by atomic mass is 10.1. The fourth-order valence-corrected chi connectivity index (χ4v) is 1.64. The molecule has 0 fully saturated rings. The normalized spacial score (nSPS) is 12.9. The Morgan fingerprint density at radius 3 is 2.56 bits per heavy atom. The molecule has 0 aliphatic carbocycles. The molecule has 1 N–H and O–H groups in total. The molecular weight excluding hydrogens is 205 g/mol. The van der Waals surface area contributed by atoms with E-state index in [-0.39, 0.29) is 18.0 Å². The fourth-order valence-electron chi connectivity index (χ4n) is 1.64. The molecule has 3 heteroatoms. The van der Waals surface area contributed by atoms with Crippen LogP contribution in [0.5, 0.6) is 5.75 Å². The second-order valence-electron chi connectivity index (χ2n) is 4.13. The van der Waals surface area contributed by atoms with Gasteiger partial charge in [0.25, 0.3) is 0 Å². The first kappa shape index (κ1) is 13.0. The van der Waals surface area contributed by atoms with E-state index in [4.69, 9.17) is 4.74 Å². The van der Waals surface area contributed by atoms with Crippen LogP contribution in [0, 0.1) is 5.82 Å². The number of ether oxygens (including phenoxy) is 1. The second-order valence-corrected chi connectivity index (χ2v) is 4.13. The summed E-state index contributed by atoms with van der Waals surface area (Å²) in [5, 5.41) is 3.29. The summed E-state index contributed by atoms with van der Waals surface area (Å²) in [4.78, 5) is 0. The molecule has 0 saturated heterocycles. The van der Waals surface area contributed by atoms with Gasteiger partial charge in [-0.2, -0.15) is 0 Å². The van der Waals surface area contributed by atoms with E-state index in [0.29, 0.717) is 5.75 Å². The molecule has 2 nitrogen and oxygen atoms in total. The van der Waals surface area contributed by atoms with Crippen molar-refractivity contribution in [2.75, 3.05) is 6.54 Å². The standard InChI is InChI=1S/C13H20FNO/c1-5-15-10(4)12-7-6-11(14)8-13(12)16-9(2)3/h6-10,15H,5H2,1-4H3. The SMILES string of the molecule is CCNC(C)c1ccc(F)cc1OC(C)C. The van der Waals surface area contributed by atoms with Gasteiger partial charge in [-0.25, -0.2) is 4.39 Å². The molecule has 0 aliphatic heterocycles. The zero-order valence-electron chi connectivity index (χ0n) is 10.4. The molecule has 0 heterocycles. The van der Waals surface area contributed by atoms with Crippen LogP contribution in [0.2, 0.25) is 0 Å². The van der Waals surface area contributed by atoms with Crippen molar-refractivity contribution in [2.24, 2.45) is 0 Å². The van der Waals surface area contributed by atoms with E-state index in [1.165, 1.54) is 12.1 Å². The molecule has 0 spiro atoms. The predicted molar refractivity (Wildman–Crippen MR) is 64.3 cm³/mol. The van der Waals surface area contributed by atoms with Gasteiger partial charge >= 0.3 is 0 Å². The van der Waals surface area contributed by atoms with Crippen molar-refractivity contribution in [2.45, 2.75) is 39.8 Å². The van der Waals surface area contributed by atoms with Gasteiger partial charge in [-0.1, -0.05) is 13.0 Å². The Labute approximate surface area is 96.8 Å². The Kier molecular flexibility index (Phi) is 4.74. The lowest BCUT2D eigenvalue weighted by molar-refractivity contribution is 0.237. The lowest BCUT2D eigenvalue weighted by Crippen LogP contribution is -2.19. The number of rotatable bonds is 5. The monoisotopic (exact) mass is 225 g/mol. The average molecular weight is 225 g/mol. The first-order chi connectivity index (χ1) is 7.54. The van der Waals surface area contributed by atoms with E-state index < -0.39 is 0 Å². The minimum Gasteiger partial charge on any atom is -0.491 e. The predicted octanol–water partition coefficient (Wildman–Crippen LogP) is 3.28. The fraction of sp³-hybridized carbons (Fsp3) is 0.538. The number of hydrogen-bond acceptors (Lipinski definition) is 2. The molecular formula is C13H20FNO. The minimum absolute atomic E-state index is 0.0503. The van der Waals surface area contributed by atoms with Crippen molar-refractivity contribution in [3.8, 4) is 5.75 Å². The van der Waals surface area contributed by atoms with Crippen LogP contribution < -0.4 is 10.1 Å². The Bertz CT molecular complexity index is 339. The van der Waals surface area contributed by atoms with Gasteiger partial charge in [0, 0.05) is 17.7 Å². The van der Waals surface area contributed by atoms with Crippen LogP contribution in [0.3, 0.4) is 0 Å². The van der Waals surface area contributed by atoms with Crippen molar-refractivity contribution in [1.82, 2.24) is 5.32 Å². The maximum Gasteiger partial charge on any atom is 0.127 e. The van der Waals surface area contributed by atoms with E-state index >= 15 is 0 Å². The second kappa shape index (κ2) is 5.85. The van der Waals surface area contributed by atoms with Crippen LogP contribution in [0.1, 0.15) is 39.3 Å². The molecule has 90 valence electrons. The van der Waals surface area contributed by atoms with Gasteiger partial charge in [0.15, 0.2) is 0 Å². The Balaban J connectivity index is 2.97. The van der Waals surface area contributed by atoms with Gasteiger partial charge in [0.1, 0.15) is 11.6 Å². The molecule has 0 radical (unpaired) electrons. The molecule has 0 amide bonds. The van der Waals surface area contributed by atoms with Crippen molar-refractivity contribution in [3.63, 3.8) is 0 Å². The summed E-state index contributed by atoms with van der Waals surface area (Å²) in [5.41, 5.74) is 0.997. The summed E-state index contributed by atoms with van der Waals surface area (Å²) in [6.45, 7) is 8.84. The molecule has 1 aromatic rings. The summed E-state index contributed by atoms with van der Waals surface area (Å²) in [5.74, 6) is 0.367. The summed E-state index contributed by atoms with van der Waals surface area (Å²) in [7, 11) is 0. The van der Waals surface area contributed by atoms with Crippen LogP contribution in [0.15, 0.2) is 18.2 Å². The highest BCUT2D eigenvalue weighted by Crippen LogP contribution is 2.26. The zero-order chi connectivity index (χ0) is 12.1. The number of nitrogens with one attached hydrogen (secondary N) is 1. The van der Waals surface area contributed by atoms with E-state index in [0.717, 1.165) is 12.1 Å². The molecule has 1 rings (SSSR count). The Morgan fingerprint density at radius 1 is 1.31 bits per heavy atom. The van der Waals surface area contributed by atoms with Crippen LogP contribution >= 0.6 is 0 Å². The summed E-state index contributed by atoms with van der Waals surface area (Å²) in [6.07, 6.45) is 0.0503. The van der Waals surface area contributed by atoms with Gasteiger partial charge in [-0.05, 0) is 33.4 Å². The van der Waals surface area contributed by atoms with Crippen molar-refractivity contribution in [3.05, 3.63) is 29.6 Å². The van der Waals surface area contributed by atoms with Crippen LogP contribution in [-0.2, 0) is 0 Å². The van der Waals surface area contributed by atoms with E-state index in [1.54, 1.807) is 6.07 Å². The number of benzene rings is 1. The van der Waals surface area contributed by atoms with E-state index in [1.807, 2.05) is 27.7 Å². The van der Waals surface area contributed by atoms with Crippen LogP contribution in [-0.4, -0.2) is 12.6 Å². The molecule has 1 aromatic carbocycles. The maximum atomic E-state index is 13.1. The van der Waals surface area contributed by atoms with Crippen LogP contribution in [0.4, 0.5) is 4.39 Å². The molecule has 0 saturated carbocycles. The largest absolute Gasteiger partial charge is 0.491 e. The molecule has 0 aromatic heterocycles. The molecule has 16 heavy (non-hydrogen) atoms.